The molecule has 4 rings (SSSR count). The van der Waals surface area contributed by atoms with Crippen LogP contribution in [0.2, 0.25) is 0 Å². The molecule has 1 heterocycles. The first-order valence-electron chi connectivity index (χ1n) is 11.0. The van der Waals surface area contributed by atoms with Crippen molar-refractivity contribution in [2.45, 2.75) is 24.9 Å². The normalized spacial score (nSPS) is 12.8. The Morgan fingerprint density at radius 3 is 2.14 bits per heavy atom. The second kappa shape index (κ2) is 9.98. The van der Waals surface area contributed by atoms with Crippen LogP contribution in [0.4, 0.5) is 13.2 Å². The fourth-order valence-corrected chi connectivity index (χ4v) is 4.26. The van der Waals surface area contributed by atoms with E-state index >= 15 is 0 Å². The minimum Gasteiger partial charge on any atom is -0.373 e. The number of benzene rings is 3. The number of amides is 1. The van der Waals surface area contributed by atoms with Crippen molar-refractivity contribution in [3.05, 3.63) is 96.1 Å². The smallest absolute Gasteiger partial charge is 0.373 e. The lowest BCUT2D eigenvalue weighted by Gasteiger charge is -2.21. The van der Waals surface area contributed by atoms with Crippen LogP contribution in [0.3, 0.4) is 0 Å². The molecule has 6 nitrogen and oxygen atoms in total. The zero-order valence-corrected chi connectivity index (χ0v) is 19.8. The van der Waals surface area contributed by atoms with Crippen molar-refractivity contribution in [1.82, 2.24) is 10.3 Å². The summed E-state index contributed by atoms with van der Waals surface area (Å²) in [6.45, 7) is 1.84. The van der Waals surface area contributed by atoms with Gasteiger partial charge in [-0.2, -0.15) is 21.6 Å². The molecule has 0 radical (unpaired) electrons. The molecule has 0 saturated carbocycles. The number of nitrogens with one attached hydrogen (secondary N) is 1. The van der Waals surface area contributed by atoms with Gasteiger partial charge in [0.05, 0.1) is 17.1 Å². The largest absolute Gasteiger partial charge is 0.534 e. The molecule has 0 unspecified atom stereocenters. The van der Waals surface area contributed by atoms with E-state index in [1.54, 1.807) is 60.7 Å². The van der Waals surface area contributed by atoms with E-state index in [1.165, 1.54) is 18.2 Å². The monoisotopic (exact) mass is 514 g/mol. The molecule has 0 bridgehead atoms. The molecule has 0 fully saturated rings. The van der Waals surface area contributed by atoms with E-state index < -0.39 is 33.3 Å². The molecule has 1 N–H and O–H groups in total. The molecule has 0 aliphatic rings. The maximum absolute atomic E-state index is 13.6. The van der Waals surface area contributed by atoms with Gasteiger partial charge in [0.2, 0.25) is 0 Å². The van der Waals surface area contributed by atoms with Gasteiger partial charge in [0.1, 0.15) is 5.69 Å². The van der Waals surface area contributed by atoms with Crippen molar-refractivity contribution in [1.29, 1.82) is 0 Å². The molecule has 4 aromatic rings. The van der Waals surface area contributed by atoms with Gasteiger partial charge < -0.3 is 9.50 Å². The molecule has 0 aliphatic carbocycles. The number of fused-ring (bicyclic) bond motifs is 1. The van der Waals surface area contributed by atoms with Crippen LogP contribution in [-0.4, -0.2) is 24.8 Å². The van der Waals surface area contributed by atoms with Gasteiger partial charge in [-0.1, -0.05) is 85.8 Å². The predicted molar refractivity (Wildman–Crippen MR) is 130 cm³/mol. The fraction of sp³-hybridized carbons (Fsp3) is 0.154. The van der Waals surface area contributed by atoms with Crippen LogP contribution in [0.25, 0.3) is 22.2 Å². The number of alkyl halides is 3. The van der Waals surface area contributed by atoms with E-state index in [1.807, 2.05) is 13.0 Å². The Balaban J connectivity index is 1.96. The Kier molecular flexibility index (Phi) is 6.98. The van der Waals surface area contributed by atoms with Gasteiger partial charge in [0.15, 0.2) is 5.75 Å². The summed E-state index contributed by atoms with van der Waals surface area (Å²) >= 11 is 0. The van der Waals surface area contributed by atoms with Crippen molar-refractivity contribution < 1.29 is 30.6 Å². The van der Waals surface area contributed by atoms with Crippen molar-refractivity contribution in [2.75, 3.05) is 0 Å². The lowest BCUT2D eigenvalue weighted by Crippen LogP contribution is -2.32. The van der Waals surface area contributed by atoms with Gasteiger partial charge in [-0.05, 0) is 18.1 Å². The van der Waals surface area contributed by atoms with E-state index in [2.05, 4.69) is 14.5 Å². The number of hydrogen-bond donors (Lipinski definition) is 1. The van der Waals surface area contributed by atoms with Gasteiger partial charge in [-0.25, -0.2) is 4.98 Å². The van der Waals surface area contributed by atoms with Gasteiger partial charge >= 0.3 is 15.6 Å². The van der Waals surface area contributed by atoms with Crippen molar-refractivity contribution in [3.63, 3.8) is 0 Å². The van der Waals surface area contributed by atoms with Crippen LogP contribution in [0.5, 0.6) is 5.75 Å². The fourth-order valence-electron chi connectivity index (χ4n) is 3.79. The number of aromatic nitrogens is 1. The summed E-state index contributed by atoms with van der Waals surface area (Å²) in [5, 5.41) is 2.96. The molecule has 0 saturated heterocycles. The summed E-state index contributed by atoms with van der Waals surface area (Å²) < 4.78 is 68.9. The van der Waals surface area contributed by atoms with Gasteiger partial charge in [0.25, 0.3) is 5.91 Å². The van der Waals surface area contributed by atoms with E-state index in [0.717, 1.165) is 5.56 Å². The molecular formula is C26H21F3N2O4S. The summed E-state index contributed by atoms with van der Waals surface area (Å²) in [7, 11) is -6.11. The molecule has 36 heavy (non-hydrogen) atoms. The average Bonchev–Trinajstić information content (AvgIpc) is 2.87. The SMILES string of the molecule is CC[C@H](NC(=O)c1c(OS(=O)(=O)C(F)(F)F)c(-c2ccccc2)nc2ccccc12)c1ccccc1. The van der Waals surface area contributed by atoms with Crippen molar-refractivity contribution >= 4 is 26.9 Å². The average molecular weight is 515 g/mol. The number of hydrogen-bond acceptors (Lipinski definition) is 5. The second-order valence-corrected chi connectivity index (χ2v) is 9.41. The van der Waals surface area contributed by atoms with E-state index in [-0.39, 0.29) is 27.7 Å². The Labute approximate surface area is 205 Å². The summed E-state index contributed by atoms with van der Waals surface area (Å²) in [5.74, 6) is -1.59. The van der Waals surface area contributed by atoms with Crippen LogP contribution in [-0.2, 0) is 10.1 Å². The third kappa shape index (κ3) is 5.03. The third-order valence-corrected chi connectivity index (χ3v) is 6.47. The Bertz CT molecular complexity index is 1490. The van der Waals surface area contributed by atoms with Crippen molar-refractivity contribution in [3.8, 4) is 17.0 Å². The highest BCUT2D eigenvalue weighted by Gasteiger charge is 2.49. The predicted octanol–water partition coefficient (Wildman–Crippen LogP) is 6.01. The van der Waals surface area contributed by atoms with Gasteiger partial charge in [0, 0.05) is 10.9 Å². The van der Waals surface area contributed by atoms with E-state index in [0.29, 0.717) is 6.42 Å². The van der Waals surface area contributed by atoms with Crippen LogP contribution in [0.1, 0.15) is 35.3 Å². The number of rotatable bonds is 7. The lowest BCUT2D eigenvalue weighted by molar-refractivity contribution is -0.0500. The molecule has 1 aromatic heterocycles. The third-order valence-electron chi connectivity index (χ3n) is 5.51. The number of carbonyl (C=O) groups excluding carboxylic acids is 1. The summed E-state index contributed by atoms with van der Waals surface area (Å²) in [6, 6.07) is 22.8. The van der Waals surface area contributed by atoms with Crippen LogP contribution in [0.15, 0.2) is 84.9 Å². The quantitative estimate of drug-likeness (QED) is 0.241. The second-order valence-electron chi connectivity index (χ2n) is 7.88. The maximum atomic E-state index is 13.6. The summed E-state index contributed by atoms with van der Waals surface area (Å²) in [5.41, 5.74) is -4.94. The molecule has 10 heteroatoms. The minimum atomic E-state index is -6.11. The van der Waals surface area contributed by atoms with E-state index in [4.69, 9.17) is 0 Å². The highest BCUT2D eigenvalue weighted by atomic mass is 32.2. The zero-order valence-electron chi connectivity index (χ0n) is 19.0. The molecule has 1 atom stereocenters. The first-order valence-corrected chi connectivity index (χ1v) is 12.4. The van der Waals surface area contributed by atoms with Crippen LogP contribution in [0, 0.1) is 0 Å². The number of halogens is 3. The van der Waals surface area contributed by atoms with Crippen LogP contribution < -0.4 is 9.50 Å². The molecular weight excluding hydrogens is 493 g/mol. The first kappa shape index (κ1) is 25.2. The molecule has 0 aliphatic heterocycles. The highest BCUT2D eigenvalue weighted by Crippen LogP contribution is 2.39. The first-order chi connectivity index (χ1) is 17.1. The minimum absolute atomic E-state index is 0.143. The Morgan fingerprint density at radius 1 is 0.944 bits per heavy atom. The topological polar surface area (TPSA) is 85.4 Å². The zero-order chi connectivity index (χ0) is 25.9. The molecule has 0 spiro atoms. The maximum Gasteiger partial charge on any atom is 0.534 e. The van der Waals surface area contributed by atoms with E-state index in [9.17, 15) is 26.4 Å². The molecule has 3 aromatic carbocycles. The number of carbonyl (C=O) groups is 1. The summed E-state index contributed by atoms with van der Waals surface area (Å²) in [4.78, 5) is 18.0. The molecule has 1 amide bonds. The standard InChI is InChI=1S/C26H21F3N2O4S/c1-2-20(17-11-5-3-6-12-17)31-25(32)22-19-15-9-10-16-21(19)30-23(18-13-7-4-8-14-18)24(22)35-36(33,34)26(27,28)29/h3-16,20H,2H2,1H3,(H,31,32)/t20-/m0/s1. The number of para-hydroxylation sites is 1. The molecule has 186 valence electrons. The number of nitrogens with zero attached hydrogens (tertiary/aromatic N) is 1. The van der Waals surface area contributed by atoms with Gasteiger partial charge in [-0.3, -0.25) is 4.79 Å². The highest BCUT2D eigenvalue weighted by molar-refractivity contribution is 7.88. The van der Waals surface area contributed by atoms with Gasteiger partial charge in [-0.15, -0.1) is 0 Å². The number of pyridine rings is 1. The van der Waals surface area contributed by atoms with Crippen molar-refractivity contribution in [2.24, 2.45) is 0 Å². The Morgan fingerprint density at radius 2 is 1.53 bits per heavy atom. The lowest BCUT2D eigenvalue weighted by atomic mass is 10.00. The van der Waals surface area contributed by atoms with Crippen LogP contribution >= 0.6 is 0 Å². The Hall–Kier alpha value is -3.92. The summed E-state index contributed by atoms with van der Waals surface area (Å²) in [6.07, 6.45) is 0.474.